The quantitative estimate of drug-likeness (QED) is 0.847. The van der Waals surface area contributed by atoms with Gasteiger partial charge in [0.25, 0.3) is 0 Å². The van der Waals surface area contributed by atoms with Crippen LogP contribution in [-0.2, 0) is 19.6 Å². The van der Waals surface area contributed by atoms with Gasteiger partial charge < -0.3 is 4.74 Å². The highest BCUT2D eigenvalue weighted by atomic mass is 32.2. The van der Waals surface area contributed by atoms with Crippen LogP contribution in [0.25, 0.3) is 0 Å². The number of esters is 1. The summed E-state index contributed by atoms with van der Waals surface area (Å²) in [4.78, 5) is 11.9. The summed E-state index contributed by atoms with van der Waals surface area (Å²) < 4.78 is 32.0. The Hall–Kier alpha value is -1.40. The van der Waals surface area contributed by atoms with E-state index in [1.165, 1.54) is 12.1 Å². The summed E-state index contributed by atoms with van der Waals surface area (Å²) in [6, 6.07) is 6.00. The Labute approximate surface area is 126 Å². The molecule has 0 radical (unpaired) electrons. The third kappa shape index (κ3) is 6.27. The predicted octanol–water partition coefficient (Wildman–Crippen LogP) is 2.39. The van der Waals surface area contributed by atoms with Crippen molar-refractivity contribution in [3.63, 3.8) is 0 Å². The molecule has 0 aliphatic rings. The van der Waals surface area contributed by atoms with E-state index in [2.05, 4.69) is 4.72 Å². The molecule has 0 saturated carbocycles. The maximum Gasteiger partial charge on any atom is 0.307 e. The van der Waals surface area contributed by atoms with Crippen molar-refractivity contribution in [2.75, 3.05) is 0 Å². The summed E-state index contributed by atoms with van der Waals surface area (Å²) in [6.07, 6.45) is -0.0115. The molecular weight excluding hydrogens is 290 g/mol. The highest BCUT2D eigenvalue weighted by Gasteiger charge is 2.22. The van der Waals surface area contributed by atoms with Crippen LogP contribution >= 0.6 is 0 Å². The lowest BCUT2D eigenvalue weighted by atomic mass is 10.2. The molecule has 0 aromatic heterocycles. The van der Waals surface area contributed by atoms with Crippen LogP contribution in [0.15, 0.2) is 29.2 Å². The van der Waals surface area contributed by atoms with E-state index in [-0.39, 0.29) is 11.3 Å². The maximum absolute atomic E-state index is 12.2. The molecule has 1 rings (SSSR count). The van der Waals surface area contributed by atoms with E-state index in [1.54, 1.807) is 39.8 Å². The number of carbonyl (C=O) groups excluding carboxylic acids is 1. The number of benzene rings is 1. The molecule has 1 aromatic rings. The Bertz CT molecular complexity index is 585. The van der Waals surface area contributed by atoms with Crippen molar-refractivity contribution in [1.29, 1.82) is 0 Å². The average molecular weight is 313 g/mol. The van der Waals surface area contributed by atoms with E-state index in [9.17, 15) is 13.2 Å². The van der Waals surface area contributed by atoms with Crippen molar-refractivity contribution in [3.05, 3.63) is 29.8 Å². The van der Waals surface area contributed by atoms with Gasteiger partial charge in [-0.2, -0.15) is 0 Å². The lowest BCUT2D eigenvalue weighted by Crippen LogP contribution is -2.36. The van der Waals surface area contributed by atoms with Crippen LogP contribution in [0.2, 0.25) is 0 Å². The first kappa shape index (κ1) is 17.7. The molecule has 1 aromatic carbocycles. The van der Waals surface area contributed by atoms with E-state index < -0.39 is 27.6 Å². The Balaban J connectivity index is 2.67. The second-order valence-corrected chi connectivity index (χ2v) is 7.84. The Morgan fingerprint density at radius 3 is 2.24 bits per heavy atom. The van der Waals surface area contributed by atoms with Gasteiger partial charge in [-0.25, -0.2) is 13.1 Å². The zero-order valence-corrected chi connectivity index (χ0v) is 14.0. The van der Waals surface area contributed by atoms with Crippen molar-refractivity contribution in [2.45, 2.75) is 57.6 Å². The van der Waals surface area contributed by atoms with Gasteiger partial charge in [0, 0.05) is 6.04 Å². The van der Waals surface area contributed by atoms with E-state index in [0.29, 0.717) is 0 Å². The van der Waals surface area contributed by atoms with Gasteiger partial charge in [0.15, 0.2) is 0 Å². The van der Waals surface area contributed by atoms with Crippen molar-refractivity contribution < 1.29 is 17.9 Å². The molecule has 0 amide bonds. The van der Waals surface area contributed by atoms with E-state index >= 15 is 0 Å². The number of rotatable bonds is 5. The van der Waals surface area contributed by atoms with Gasteiger partial charge in [0.1, 0.15) is 5.60 Å². The van der Waals surface area contributed by atoms with E-state index in [4.69, 9.17) is 4.74 Å². The summed E-state index contributed by atoms with van der Waals surface area (Å²) in [5.74, 6) is -0.429. The zero-order chi connectivity index (χ0) is 16.3. The number of hydrogen-bond acceptors (Lipinski definition) is 4. The number of carbonyl (C=O) groups is 1. The fraction of sp³-hybridized carbons (Fsp3) is 0.533. The fourth-order valence-electron chi connectivity index (χ4n) is 1.73. The van der Waals surface area contributed by atoms with Crippen LogP contribution in [-0.4, -0.2) is 26.0 Å². The maximum atomic E-state index is 12.2. The molecule has 0 saturated heterocycles. The van der Waals surface area contributed by atoms with Crippen molar-refractivity contribution in [2.24, 2.45) is 0 Å². The minimum Gasteiger partial charge on any atom is -0.460 e. The zero-order valence-electron chi connectivity index (χ0n) is 13.1. The van der Waals surface area contributed by atoms with Crippen molar-refractivity contribution in [3.8, 4) is 0 Å². The van der Waals surface area contributed by atoms with Gasteiger partial charge in [-0.3, -0.25) is 4.79 Å². The van der Waals surface area contributed by atoms with Crippen molar-refractivity contribution in [1.82, 2.24) is 4.72 Å². The first-order valence-corrected chi connectivity index (χ1v) is 8.29. The molecule has 0 aliphatic heterocycles. The van der Waals surface area contributed by atoms with Gasteiger partial charge in [-0.15, -0.1) is 0 Å². The highest BCUT2D eigenvalue weighted by molar-refractivity contribution is 7.89. The van der Waals surface area contributed by atoms with Crippen LogP contribution in [0.4, 0.5) is 0 Å². The first-order chi connectivity index (χ1) is 9.49. The topological polar surface area (TPSA) is 72.5 Å². The van der Waals surface area contributed by atoms with Gasteiger partial charge in [-0.05, 0) is 46.8 Å². The molecule has 5 nitrogen and oxygen atoms in total. The SMILES string of the molecule is Cc1ccc(S(=O)(=O)NC(C)CC(=O)OC(C)(C)C)cc1. The Morgan fingerprint density at radius 2 is 1.76 bits per heavy atom. The third-order valence-electron chi connectivity index (χ3n) is 2.58. The van der Waals surface area contributed by atoms with Crippen LogP contribution < -0.4 is 4.72 Å². The largest absolute Gasteiger partial charge is 0.460 e. The van der Waals surface area contributed by atoms with Gasteiger partial charge >= 0.3 is 5.97 Å². The Kier molecular flexibility index (Phi) is 5.53. The van der Waals surface area contributed by atoms with Crippen molar-refractivity contribution >= 4 is 16.0 Å². The van der Waals surface area contributed by atoms with E-state index in [0.717, 1.165) is 5.56 Å². The average Bonchev–Trinajstić information content (AvgIpc) is 2.25. The summed E-state index contributed by atoms with van der Waals surface area (Å²) in [5.41, 5.74) is 0.405. The minimum atomic E-state index is -3.62. The van der Waals surface area contributed by atoms with Crippen LogP contribution in [0.5, 0.6) is 0 Å². The van der Waals surface area contributed by atoms with Crippen LogP contribution in [0.3, 0.4) is 0 Å². The monoisotopic (exact) mass is 313 g/mol. The third-order valence-corrected chi connectivity index (χ3v) is 4.19. The number of sulfonamides is 1. The smallest absolute Gasteiger partial charge is 0.307 e. The standard InChI is InChI=1S/C15H23NO4S/c1-11-6-8-13(9-7-11)21(18,19)16-12(2)10-14(17)20-15(3,4)5/h6-9,12,16H,10H2,1-5H3. The second-order valence-electron chi connectivity index (χ2n) is 6.13. The molecular formula is C15H23NO4S. The van der Waals surface area contributed by atoms with Gasteiger partial charge in [-0.1, -0.05) is 17.7 Å². The molecule has 1 unspecified atom stereocenters. The summed E-state index contributed by atoms with van der Waals surface area (Å²) in [7, 11) is -3.62. The molecule has 6 heteroatoms. The summed E-state index contributed by atoms with van der Waals surface area (Å²) in [6.45, 7) is 8.83. The summed E-state index contributed by atoms with van der Waals surface area (Å²) in [5, 5.41) is 0. The molecule has 0 fully saturated rings. The normalized spacial score (nSPS) is 13.8. The fourth-order valence-corrected chi connectivity index (χ4v) is 2.97. The summed E-state index contributed by atoms with van der Waals surface area (Å²) >= 11 is 0. The number of ether oxygens (including phenoxy) is 1. The second kappa shape index (κ2) is 6.58. The molecule has 0 spiro atoms. The van der Waals surface area contributed by atoms with Gasteiger partial charge in [0.2, 0.25) is 10.0 Å². The number of hydrogen-bond donors (Lipinski definition) is 1. The lowest BCUT2D eigenvalue weighted by Gasteiger charge is -2.21. The number of nitrogens with one attached hydrogen (secondary N) is 1. The van der Waals surface area contributed by atoms with Crippen LogP contribution in [0.1, 0.15) is 39.7 Å². The molecule has 21 heavy (non-hydrogen) atoms. The molecule has 0 heterocycles. The first-order valence-electron chi connectivity index (χ1n) is 6.80. The lowest BCUT2D eigenvalue weighted by molar-refractivity contribution is -0.155. The predicted molar refractivity (Wildman–Crippen MR) is 81.4 cm³/mol. The number of aryl methyl sites for hydroxylation is 1. The molecule has 0 bridgehead atoms. The van der Waals surface area contributed by atoms with Gasteiger partial charge in [0.05, 0.1) is 11.3 Å². The van der Waals surface area contributed by atoms with E-state index in [1.807, 2.05) is 6.92 Å². The molecule has 1 N–H and O–H groups in total. The molecule has 1 atom stereocenters. The van der Waals surface area contributed by atoms with Crippen LogP contribution in [0, 0.1) is 6.92 Å². The highest BCUT2D eigenvalue weighted by Crippen LogP contribution is 2.13. The minimum absolute atomic E-state index is 0.0115. The molecule has 118 valence electrons. The Morgan fingerprint density at radius 1 is 1.24 bits per heavy atom. The molecule has 0 aliphatic carbocycles.